The van der Waals surface area contributed by atoms with Crippen LogP contribution in [0.5, 0.6) is 0 Å². The number of amides is 1. The van der Waals surface area contributed by atoms with Gasteiger partial charge in [0.15, 0.2) is 0 Å². The third-order valence-corrected chi connectivity index (χ3v) is 3.45. The predicted octanol–water partition coefficient (Wildman–Crippen LogP) is 5.09. The van der Waals surface area contributed by atoms with Crippen LogP contribution >= 0.6 is 0 Å². The summed E-state index contributed by atoms with van der Waals surface area (Å²) in [5, 5.41) is 3.04. The Morgan fingerprint density at radius 3 is 2.41 bits per heavy atom. The molecule has 1 aromatic carbocycles. The van der Waals surface area contributed by atoms with Crippen LogP contribution in [0.3, 0.4) is 0 Å². The van der Waals surface area contributed by atoms with E-state index in [1.54, 1.807) is 0 Å². The Bertz CT molecular complexity index is 423. The number of carbonyl (C=O) groups is 1. The number of unbranched alkanes of at least 4 members (excludes halogenated alkanes) is 3. The van der Waals surface area contributed by atoms with Crippen molar-refractivity contribution in [2.24, 2.45) is 0 Å². The Hall–Kier alpha value is -1.51. The highest BCUT2D eigenvalue weighted by Gasteiger charge is 2.19. The van der Waals surface area contributed by atoms with Crippen molar-refractivity contribution in [2.45, 2.75) is 77.9 Å². The van der Waals surface area contributed by atoms with Gasteiger partial charge in [0.1, 0.15) is 5.60 Å². The molecular weight excluding hydrogens is 274 g/mol. The van der Waals surface area contributed by atoms with Crippen LogP contribution in [-0.4, -0.2) is 17.7 Å². The summed E-state index contributed by atoms with van der Waals surface area (Å²) < 4.78 is 5.38. The molecule has 0 spiro atoms. The van der Waals surface area contributed by atoms with E-state index in [4.69, 9.17) is 4.74 Å². The van der Waals surface area contributed by atoms with Gasteiger partial charge >= 0.3 is 6.09 Å². The smallest absolute Gasteiger partial charge is 0.407 e. The molecular formula is C19H31NO2. The number of ether oxygens (including phenoxy) is 1. The first-order valence-corrected chi connectivity index (χ1v) is 8.44. The van der Waals surface area contributed by atoms with Crippen LogP contribution in [0.2, 0.25) is 0 Å². The Kier molecular flexibility index (Phi) is 8.00. The number of carbonyl (C=O) groups excluding carboxylic acids is 1. The summed E-state index contributed by atoms with van der Waals surface area (Å²) in [7, 11) is 0. The number of nitrogens with one attached hydrogen (secondary N) is 1. The standard InChI is InChI=1S/C19H31NO2/c1-5-6-7-11-14-17(15-16-12-9-8-10-13-16)20-18(21)22-19(2,3)4/h8-10,12-13,17H,5-7,11,14-15H2,1-4H3,(H,20,21)/t17-/m0/s1. The van der Waals surface area contributed by atoms with Gasteiger partial charge in [-0.3, -0.25) is 0 Å². The largest absolute Gasteiger partial charge is 0.444 e. The molecule has 124 valence electrons. The molecule has 0 bridgehead atoms. The molecule has 0 aliphatic heterocycles. The number of benzene rings is 1. The van der Waals surface area contributed by atoms with E-state index in [9.17, 15) is 4.79 Å². The molecule has 0 aromatic heterocycles. The van der Waals surface area contributed by atoms with Crippen molar-refractivity contribution in [2.75, 3.05) is 0 Å². The maximum atomic E-state index is 12.0. The van der Waals surface area contributed by atoms with Gasteiger partial charge in [0.2, 0.25) is 0 Å². The third kappa shape index (κ3) is 8.71. The van der Waals surface area contributed by atoms with Gasteiger partial charge in [-0.05, 0) is 39.2 Å². The lowest BCUT2D eigenvalue weighted by molar-refractivity contribution is 0.0501. The van der Waals surface area contributed by atoms with E-state index >= 15 is 0 Å². The monoisotopic (exact) mass is 305 g/mol. The zero-order chi connectivity index (χ0) is 16.4. The zero-order valence-electron chi connectivity index (χ0n) is 14.5. The lowest BCUT2D eigenvalue weighted by Gasteiger charge is -2.24. The average molecular weight is 305 g/mol. The molecule has 0 saturated heterocycles. The molecule has 0 saturated carbocycles. The summed E-state index contributed by atoms with van der Waals surface area (Å²) >= 11 is 0. The molecule has 1 aromatic rings. The van der Waals surface area contributed by atoms with E-state index in [2.05, 4.69) is 24.4 Å². The van der Waals surface area contributed by atoms with Gasteiger partial charge in [0.05, 0.1) is 0 Å². The van der Waals surface area contributed by atoms with Crippen molar-refractivity contribution in [3.8, 4) is 0 Å². The van der Waals surface area contributed by atoms with Gasteiger partial charge in [0, 0.05) is 6.04 Å². The summed E-state index contributed by atoms with van der Waals surface area (Å²) in [6.07, 6.45) is 6.37. The number of hydrogen-bond donors (Lipinski definition) is 1. The topological polar surface area (TPSA) is 38.3 Å². The minimum Gasteiger partial charge on any atom is -0.444 e. The van der Waals surface area contributed by atoms with E-state index in [0.717, 1.165) is 19.3 Å². The van der Waals surface area contributed by atoms with Crippen LogP contribution in [0.25, 0.3) is 0 Å². The van der Waals surface area contributed by atoms with Gasteiger partial charge in [-0.2, -0.15) is 0 Å². The van der Waals surface area contributed by atoms with Gasteiger partial charge in [-0.1, -0.05) is 62.9 Å². The summed E-state index contributed by atoms with van der Waals surface area (Å²) in [4.78, 5) is 12.0. The van der Waals surface area contributed by atoms with Crippen molar-refractivity contribution < 1.29 is 9.53 Å². The highest BCUT2D eigenvalue weighted by atomic mass is 16.6. The molecule has 1 rings (SSSR count). The first-order valence-electron chi connectivity index (χ1n) is 8.44. The van der Waals surface area contributed by atoms with Crippen LogP contribution < -0.4 is 5.32 Å². The zero-order valence-corrected chi connectivity index (χ0v) is 14.5. The second-order valence-electron chi connectivity index (χ2n) is 6.88. The third-order valence-electron chi connectivity index (χ3n) is 3.45. The molecule has 22 heavy (non-hydrogen) atoms. The fraction of sp³-hybridized carbons (Fsp3) is 0.632. The van der Waals surface area contributed by atoms with Crippen LogP contribution in [0.1, 0.15) is 65.4 Å². The van der Waals surface area contributed by atoms with Crippen LogP contribution in [0.15, 0.2) is 30.3 Å². The molecule has 0 radical (unpaired) electrons. The average Bonchev–Trinajstić information content (AvgIpc) is 2.42. The molecule has 3 nitrogen and oxygen atoms in total. The number of hydrogen-bond acceptors (Lipinski definition) is 2. The fourth-order valence-electron chi connectivity index (χ4n) is 2.42. The van der Waals surface area contributed by atoms with Crippen molar-refractivity contribution in [1.29, 1.82) is 0 Å². The highest BCUT2D eigenvalue weighted by Crippen LogP contribution is 2.13. The highest BCUT2D eigenvalue weighted by molar-refractivity contribution is 5.68. The van der Waals surface area contributed by atoms with Crippen LogP contribution in [-0.2, 0) is 11.2 Å². The van der Waals surface area contributed by atoms with E-state index < -0.39 is 5.60 Å². The van der Waals surface area contributed by atoms with Crippen molar-refractivity contribution in [1.82, 2.24) is 5.32 Å². The van der Waals surface area contributed by atoms with E-state index in [0.29, 0.717) is 0 Å². The van der Waals surface area contributed by atoms with Gasteiger partial charge in [-0.15, -0.1) is 0 Å². The molecule has 0 aliphatic carbocycles. The molecule has 3 heteroatoms. The molecule has 0 aliphatic rings. The maximum absolute atomic E-state index is 12.0. The Labute approximate surface area is 135 Å². The van der Waals surface area contributed by atoms with Crippen molar-refractivity contribution >= 4 is 6.09 Å². The molecule has 1 atom stereocenters. The second-order valence-corrected chi connectivity index (χ2v) is 6.88. The van der Waals surface area contributed by atoms with Crippen LogP contribution in [0, 0.1) is 0 Å². The Morgan fingerprint density at radius 1 is 1.14 bits per heavy atom. The summed E-state index contributed by atoms with van der Waals surface area (Å²) in [6.45, 7) is 7.88. The predicted molar refractivity (Wildman–Crippen MR) is 92.1 cm³/mol. The summed E-state index contributed by atoms with van der Waals surface area (Å²) in [5.74, 6) is 0. The van der Waals surface area contributed by atoms with E-state index in [-0.39, 0.29) is 12.1 Å². The van der Waals surface area contributed by atoms with E-state index in [1.807, 2.05) is 39.0 Å². The SMILES string of the molecule is CCCCCC[C@@H](Cc1ccccc1)NC(=O)OC(C)(C)C. The molecule has 1 amide bonds. The van der Waals surface area contributed by atoms with Gasteiger partial charge < -0.3 is 10.1 Å². The first kappa shape index (κ1) is 18.5. The lowest BCUT2D eigenvalue weighted by atomic mass is 10.00. The quantitative estimate of drug-likeness (QED) is 0.679. The second kappa shape index (κ2) is 9.50. The van der Waals surface area contributed by atoms with Crippen LogP contribution in [0.4, 0.5) is 4.79 Å². The fourth-order valence-corrected chi connectivity index (χ4v) is 2.42. The van der Waals surface area contributed by atoms with Gasteiger partial charge in [-0.25, -0.2) is 4.79 Å². The van der Waals surface area contributed by atoms with Crippen molar-refractivity contribution in [3.63, 3.8) is 0 Å². The number of rotatable bonds is 8. The summed E-state index contributed by atoms with van der Waals surface area (Å²) in [5.41, 5.74) is 0.794. The molecule has 1 N–H and O–H groups in total. The normalized spacial score (nSPS) is 12.7. The van der Waals surface area contributed by atoms with Gasteiger partial charge in [0.25, 0.3) is 0 Å². The maximum Gasteiger partial charge on any atom is 0.407 e. The first-order chi connectivity index (χ1) is 10.4. The molecule has 0 fully saturated rings. The Morgan fingerprint density at radius 2 is 1.82 bits per heavy atom. The van der Waals surface area contributed by atoms with E-state index in [1.165, 1.54) is 24.8 Å². The molecule has 0 unspecified atom stereocenters. The molecule has 0 heterocycles. The Balaban J connectivity index is 2.55. The van der Waals surface area contributed by atoms with Crippen molar-refractivity contribution in [3.05, 3.63) is 35.9 Å². The lowest BCUT2D eigenvalue weighted by Crippen LogP contribution is -2.40. The number of alkyl carbamates (subject to hydrolysis) is 1. The minimum atomic E-state index is -0.455. The minimum absolute atomic E-state index is 0.133. The summed E-state index contributed by atoms with van der Waals surface area (Å²) in [6, 6.07) is 10.4.